The summed E-state index contributed by atoms with van der Waals surface area (Å²) in [5.74, 6) is -2.09. The Morgan fingerprint density at radius 1 is 1.00 bits per heavy atom. The molecule has 0 saturated carbocycles. The first-order valence-corrected chi connectivity index (χ1v) is 9.78. The molecule has 2 amide bonds. The number of halogens is 3. The molecule has 3 rings (SSSR count). The lowest BCUT2D eigenvalue weighted by Crippen LogP contribution is -2.31. The number of amides is 2. The zero-order valence-electron chi connectivity index (χ0n) is 16.1. The quantitative estimate of drug-likeness (QED) is 0.282. The van der Waals surface area contributed by atoms with Crippen molar-refractivity contribution in [1.82, 2.24) is 5.32 Å². The average Bonchev–Trinajstić information content (AvgIpc) is 2.75. The molecule has 0 heterocycles. The highest BCUT2D eigenvalue weighted by atomic mass is 35.5. The molecule has 0 aliphatic rings. The summed E-state index contributed by atoms with van der Waals surface area (Å²) >= 11 is 11.8. The van der Waals surface area contributed by atoms with Crippen molar-refractivity contribution in [3.63, 3.8) is 0 Å². The Bertz CT molecular complexity index is 1230. The van der Waals surface area contributed by atoms with Crippen molar-refractivity contribution in [3.8, 4) is 0 Å². The molecular formula is C22H14Cl2FN3O4. The number of non-ortho nitro benzene ring substituents is 1. The van der Waals surface area contributed by atoms with Gasteiger partial charge in [-0.3, -0.25) is 19.7 Å². The molecule has 0 saturated heterocycles. The molecular weight excluding hydrogens is 460 g/mol. The minimum absolute atomic E-state index is 0.0581. The van der Waals surface area contributed by atoms with Crippen molar-refractivity contribution in [2.24, 2.45) is 0 Å². The van der Waals surface area contributed by atoms with Crippen molar-refractivity contribution in [2.45, 2.75) is 0 Å². The number of nitrogens with one attached hydrogen (secondary N) is 2. The Kier molecular flexibility index (Phi) is 7.19. The van der Waals surface area contributed by atoms with Crippen molar-refractivity contribution in [1.29, 1.82) is 0 Å². The molecule has 3 aromatic carbocycles. The third-order valence-electron chi connectivity index (χ3n) is 4.16. The maximum Gasteiger partial charge on any atom is 0.272 e. The van der Waals surface area contributed by atoms with Crippen LogP contribution in [0.4, 0.5) is 15.8 Å². The fraction of sp³-hybridized carbons (Fsp3) is 0. The van der Waals surface area contributed by atoms with Gasteiger partial charge in [-0.25, -0.2) is 4.39 Å². The Morgan fingerprint density at radius 2 is 1.72 bits per heavy atom. The molecule has 10 heteroatoms. The van der Waals surface area contributed by atoms with E-state index in [9.17, 15) is 24.1 Å². The van der Waals surface area contributed by atoms with Crippen LogP contribution in [0, 0.1) is 15.9 Å². The number of anilines is 1. The van der Waals surface area contributed by atoms with Gasteiger partial charge in [0.2, 0.25) is 0 Å². The number of nitrogens with zero attached hydrogens (tertiary/aromatic N) is 1. The summed E-state index contributed by atoms with van der Waals surface area (Å²) in [7, 11) is 0. The van der Waals surface area contributed by atoms with E-state index < -0.39 is 22.6 Å². The second kappa shape index (κ2) is 10.0. The van der Waals surface area contributed by atoms with Gasteiger partial charge >= 0.3 is 0 Å². The van der Waals surface area contributed by atoms with Crippen LogP contribution in [0.25, 0.3) is 6.08 Å². The van der Waals surface area contributed by atoms with Crippen LogP contribution < -0.4 is 10.6 Å². The van der Waals surface area contributed by atoms with Crippen molar-refractivity contribution in [3.05, 3.63) is 110 Å². The van der Waals surface area contributed by atoms with Gasteiger partial charge in [0.25, 0.3) is 17.5 Å². The fourth-order valence-corrected chi connectivity index (χ4v) is 3.03. The summed E-state index contributed by atoms with van der Waals surface area (Å²) in [5.41, 5.74) is 0.233. The van der Waals surface area contributed by atoms with E-state index in [0.717, 1.165) is 12.1 Å². The highest BCUT2D eigenvalue weighted by molar-refractivity contribution is 6.34. The van der Waals surface area contributed by atoms with E-state index in [4.69, 9.17) is 23.2 Å². The van der Waals surface area contributed by atoms with Gasteiger partial charge in [-0.2, -0.15) is 0 Å². The zero-order chi connectivity index (χ0) is 23.3. The molecule has 3 aromatic rings. The Hall–Kier alpha value is -3.75. The van der Waals surface area contributed by atoms with Crippen LogP contribution in [-0.2, 0) is 4.79 Å². The number of nitro groups is 1. The molecule has 0 fully saturated rings. The van der Waals surface area contributed by atoms with Gasteiger partial charge in [0, 0.05) is 22.8 Å². The van der Waals surface area contributed by atoms with E-state index in [2.05, 4.69) is 10.6 Å². The molecule has 0 aliphatic carbocycles. The third-order valence-corrected chi connectivity index (χ3v) is 4.73. The second-order valence-electron chi connectivity index (χ2n) is 6.45. The third kappa shape index (κ3) is 5.90. The predicted molar refractivity (Wildman–Crippen MR) is 120 cm³/mol. The summed E-state index contributed by atoms with van der Waals surface area (Å²) in [5, 5.41) is 16.4. The normalized spacial score (nSPS) is 11.0. The Balaban J connectivity index is 1.95. The monoisotopic (exact) mass is 473 g/mol. The van der Waals surface area contributed by atoms with Gasteiger partial charge in [0.05, 0.1) is 15.5 Å². The highest BCUT2D eigenvalue weighted by Gasteiger charge is 2.18. The van der Waals surface area contributed by atoms with E-state index >= 15 is 0 Å². The molecule has 32 heavy (non-hydrogen) atoms. The standard InChI is InChI=1S/C22H14Cl2FN3O4/c23-14-4-7-16(8-5-14)26-22(30)20(11-13-2-1-3-17(10-13)28(31)32)27-21(29)18-9-6-15(25)12-19(18)24/h1-12H,(H,26,30)(H,27,29). The number of rotatable bonds is 6. The summed E-state index contributed by atoms with van der Waals surface area (Å²) in [4.78, 5) is 36.0. The number of nitro benzene ring substituents is 1. The molecule has 7 nitrogen and oxygen atoms in total. The van der Waals surface area contributed by atoms with Gasteiger partial charge in [0.15, 0.2) is 0 Å². The molecule has 0 bridgehead atoms. The molecule has 0 unspecified atom stereocenters. The number of benzene rings is 3. The van der Waals surface area contributed by atoms with Crippen LogP contribution in [0.1, 0.15) is 15.9 Å². The minimum atomic E-state index is -0.766. The molecule has 2 N–H and O–H groups in total. The Labute approximate surface area is 191 Å². The summed E-state index contributed by atoms with van der Waals surface area (Å²) in [6.07, 6.45) is 1.27. The predicted octanol–water partition coefficient (Wildman–Crippen LogP) is 5.45. The van der Waals surface area contributed by atoms with Crippen molar-refractivity contribution >= 4 is 52.5 Å². The van der Waals surface area contributed by atoms with Crippen molar-refractivity contribution in [2.75, 3.05) is 5.32 Å². The first kappa shape index (κ1) is 22.9. The van der Waals surface area contributed by atoms with E-state index in [-0.39, 0.29) is 22.0 Å². The second-order valence-corrected chi connectivity index (χ2v) is 7.29. The Morgan fingerprint density at radius 3 is 2.38 bits per heavy atom. The molecule has 162 valence electrons. The molecule has 0 atom stereocenters. The lowest BCUT2D eigenvalue weighted by molar-refractivity contribution is -0.384. The van der Waals surface area contributed by atoms with Crippen LogP contribution in [-0.4, -0.2) is 16.7 Å². The van der Waals surface area contributed by atoms with Gasteiger partial charge in [-0.1, -0.05) is 35.3 Å². The molecule has 0 aliphatic heterocycles. The number of hydrogen-bond acceptors (Lipinski definition) is 4. The highest BCUT2D eigenvalue weighted by Crippen LogP contribution is 2.20. The van der Waals surface area contributed by atoms with Gasteiger partial charge in [0.1, 0.15) is 11.5 Å². The van der Waals surface area contributed by atoms with Gasteiger partial charge in [-0.05, 0) is 54.1 Å². The smallest absolute Gasteiger partial charge is 0.272 e. The maximum absolute atomic E-state index is 13.3. The molecule has 0 spiro atoms. The van der Waals surface area contributed by atoms with E-state index in [1.807, 2.05) is 0 Å². The van der Waals surface area contributed by atoms with Crippen LogP contribution in [0.5, 0.6) is 0 Å². The van der Waals surface area contributed by atoms with E-state index in [1.165, 1.54) is 36.4 Å². The minimum Gasteiger partial charge on any atom is -0.321 e. The fourth-order valence-electron chi connectivity index (χ4n) is 2.65. The van der Waals surface area contributed by atoms with Crippen LogP contribution in [0.15, 0.2) is 72.4 Å². The van der Waals surface area contributed by atoms with Crippen LogP contribution in [0.3, 0.4) is 0 Å². The first-order valence-electron chi connectivity index (χ1n) is 9.02. The zero-order valence-corrected chi connectivity index (χ0v) is 17.7. The van der Waals surface area contributed by atoms with E-state index in [1.54, 1.807) is 24.3 Å². The lowest BCUT2D eigenvalue weighted by atomic mass is 10.1. The maximum atomic E-state index is 13.3. The largest absolute Gasteiger partial charge is 0.321 e. The summed E-state index contributed by atoms with van der Waals surface area (Å²) in [6, 6.07) is 15.0. The van der Waals surface area contributed by atoms with Gasteiger partial charge < -0.3 is 10.6 Å². The summed E-state index contributed by atoms with van der Waals surface area (Å²) < 4.78 is 13.3. The van der Waals surface area contributed by atoms with Gasteiger partial charge in [-0.15, -0.1) is 0 Å². The van der Waals surface area contributed by atoms with Crippen LogP contribution >= 0.6 is 23.2 Å². The number of carbonyl (C=O) groups excluding carboxylic acids is 2. The lowest BCUT2D eigenvalue weighted by Gasteiger charge is -2.12. The first-order chi connectivity index (χ1) is 15.2. The topological polar surface area (TPSA) is 101 Å². The number of carbonyl (C=O) groups is 2. The number of hydrogen-bond donors (Lipinski definition) is 2. The van der Waals surface area contributed by atoms with Crippen molar-refractivity contribution < 1.29 is 18.9 Å². The molecule has 0 radical (unpaired) electrons. The molecule has 0 aromatic heterocycles. The average molecular weight is 474 g/mol. The van der Waals surface area contributed by atoms with Crippen LogP contribution in [0.2, 0.25) is 10.0 Å². The summed E-state index contributed by atoms with van der Waals surface area (Å²) in [6.45, 7) is 0. The SMILES string of the molecule is O=C(Nc1ccc(Cl)cc1)C(=Cc1cccc([N+](=O)[O-])c1)NC(=O)c1ccc(F)cc1Cl. The van der Waals surface area contributed by atoms with E-state index in [0.29, 0.717) is 16.3 Å².